The summed E-state index contributed by atoms with van der Waals surface area (Å²) in [6, 6.07) is 0. The van der Waals surface area contributed by atoms with Crippen molar-refractivity contribution < 1.29 is 0 Å². The Bertz CT molecular complexity index is 251. The van der Waals surface area contributed by atoms with Crippen LogP contribution in [0.5, 0.6) is 0 Å². The Morgan fingerprint density at radius 3 is 2.57 bits per heavy atom. The molecule has 0 N–H and O–H groups in total. The van der Waals surface area contributed by atoms with Crippen LogP contribution in [0.15, 0.2) is 48.1 Å². The zero-order chi connectivity index (χ0) is 11.0. The van der Waals surface area contributed by atoms with E-state index in [4.69, 9.17) is 0 Å². The van der Waals surface area contributed by atoms with Gasteiger partial charge in [-0.05, 0) is 30.4 Å². The van der Waals surface area contributed by atoms with E-state index in [0.29, 0.717) is 5.92 Å². The lowest BCUT2D eigenvalue weighted by Crippen LogP contribution is -1.99. The van der Waals surface area contributed by atoms with Crippen LogP contribution in [0.1, 0.15) is 34.1 Å². The highest BCUT2D eigenvalue weighted by Crippen LogP contribution is 2.25. The molecule has 1 aliphatic carbocycles. The van der Waals surface area contributed by atoms with Gasteiger partial charge in [0, 0.05) is 0 Å². The van der Waals surface area contributed by atoms with E-state index in [1.54, 1.807) is 0 Å². The van der Waals surface area contributed by atoms with Gasteiger partial charge in [0.2, 0.25) is 0 Å². The number of hydrogen-bond acceptors (Lipinski definition) is 0. The third-order valence-corrected chi connectivity index (χ3v) is 2.05. The third kappa shape index (κ3) is 4.27. The number of hydrogen-bond donors (Lipinski definition) is 0. The molecule has 0 saturated heterocycles. The van der Waals surface area contributed by atoms with E-state index in [9.17, 15) is 0 Å². The van der Waals surface area contributed by atoms with E-state index in [0.717, 1.165) is 6.42 Å². The highest BCUT2D eigenvalue weighted by Gasteiger charge is 2.08. The summed E-state index contributed by atoms with van der Waals surface area (Å²) in [7, 11) is 0. The fourth-order valence-electron chi connectivity index (χ4n) is 1.33. The highest BCUT2D eigenvalue weighted by atomic mass is 14.1. The maximum atomic E-state index is 4.05. The summed E-state index contributed by atoms with van der Waals surface area (Å²) in [6.07, 6.45) is 11.7. The Morgan fingerprint density at radius 1 is 1.43 bits per heavy atom. The van der Waals surface area contributed by atoms with Crippen molar-refractivity contribution in [3.05, 3.63) is 48.1 Å². The topological polar surface area (TPSA) is 0 Å². The van der Waals surface area contributed by atoms with Crippen LogP contribution in [0, 0.1) is 5.92 Å². The van der Waals surface area contributed by atoms with Crippen LogP contribution in [-0.2, 0) is 0 Å². The predicted molar refractivity (Wildman–Crippen MR) is 66.3 cm³/mol. The second-order valence-electron chi connectivity index (χ2n) is 3.29. The molecule has 0 bridgehead atoms. The lowest BCUT2D eigenvalue weighted by molar-refractivity contribution is 0.710. The Morgan fingerprint density at radius 2 is 2.07 bits per heavy atom. The van der Waals surface area contributed by atoms with Gasteiger partial charge in [-0.2, -0.15) is 0 Å². The Hall–Kier alpha value is -1.04. The van der Waals surface area contributed by atoms with E-state index in [1.165, 1.54) is 11.1 Å². The molecule has 0 aliphatic heterocycles. The number of allylic oxidation sites excluding steroid dienone is 7. The monoisotopic (exact) mass is 190 g/mol. The van der Waals surface area contributed by atoms with Gasteiger partial charge in [0.15, 0.2) is 0 Å². The molecular formula is C14H22. The van der Waals surface area contributed by atoms with Gasteiger partial charge in [-0.1, -0.05) is 57.7 Å². The Balaban J connectivity index is 0.000000791. The van der Waals surface area contributed by atoms with Crippen LogP contribution < -0.4 is 0 Å². The van der Waals surface area contributed by atoms with Crippen LogP contribution in [0.3, 0.4) is 0 Å². The van der Waals surface area contributed by atoms with Crippen LogP contribution >= 0.6 is 0 Å². The molecule has 0 spiro atoms. The molecule has 1 aliphatic rings. The second kappa shape index (κ2) is 7.37. The largest absolute Gasteiger partial charge is 0.0952 e. The average Bonchev–Trinajstić information content (AvgIpc) is 2.20. The van der Waals surface area contributed by atoms with Crippen molar-refractivity contribution >= 4 is 0 Å². The van der Waals surface area contributed by atoms with Crippen molar-refractivity contribution in [1.29, 1.82) is 0 Å². The summed E-state index contributed by atoms with van der Waals surface area (Å²) in [6.45, 7) is 12.3. The average molecular weight is 190 g/mol. The molecule has 0 heteroatoms. The standard InChI is InChI=1S/C12H16.C2H6/c1-4-5-6-12-8-7-10(2)9-11(12)3;1-2/h4-8,10H,3,9H2,1-2H3;1-2H3/b5-4-,12-6-;. The molecule has 1 atom stereocenters. The van der Waals surface area contributed by atoms with Gasteiger partial charge >= 0.3 is 0 Å². The van der Waals surface area contributed by atoms with Crippen LogP contribution in [0.25, 0.3) is 0 Å². The summed E-state index contributed by atoms with van der Waals surface area (Å²) in [5.74, 6) is 0.653. The summed E-state index contributed by atoms with van der Waals surface area (Å²) < 4.78 is 0. The molecule has 0 fully saturated rings. The van der Waals surface area contributed by atoms with Crippen molar-refractivity contribution in [3.8, 4) is 0 Å². The van der Waals surface area contributed by atoms with Gasteiger partial charge in [0.25, 0.3) is 0 Å². The lowest BCUT2D eigenvalue weighted by atomic mass is 9.90. The lowest BCUT2D eigenvalue weighted by Gasteiger charge is -2.15. The Kier molecular flexibility index (Phi) is 6.82. The fraction of sp³-hybridized carbons (Fsp3) is 0.429. The maximum Gasteiger partial charge on any atom is -0.0218 e. The zero-order valence-corrected chi connectivity index (χ0v) is 9.88. The minimum Gasteiger partial charge on any atom is -0.0952 e. The van der Waals surface area contributed by atoms with E-state index in [-0.39, 0.29) is 0 Å². The fourth-order valence-corrected chi connectivity index (χ4v) is 1.33. The molecular weight excluding hydrogens is 168 g/mol. The number of rotatable bonds is 1. The Labute approximate surface area is 88.7 Å². The molecule has 0 aromatic heterocycles. The summed E-state index contributed by atoms with van der Waals surface area (Å²) in [4.78, 5) is 0. The first-order chi connectivity index (χ1) is 6.74. The smallest absolute Gasteiger partial charge is 0.0218 e. The molecule has 0 aromatic carbocycles. The molecule has 14 heavy (non-hydrogen) atoms. The molecule has 78 valence electrons. The minimum atomic E-state index is 0.653. The summed E-state index contributed by atoms with van der Waals surface area (Å²) >= 11 is 0. The predicted octanol–water partition coefficient (Wildman–Crippen LogP) is 4.67. The van der Waals surface area contributed by atoms with E-state index >= 15 is 0 Å². The summed E-state index contributed by atoms with van der Waals surface area (Å²) in [5.41, 5.74) is 2.52. The zero-order valence-electron chi connectivity index (χ0n) is 9.88. The van der Waals surface area contributed by atoms with Crippen LogP contribution in [0.4, 0.5) is 0 Å². The molecule has 0 saturated carbocycles. The first kappa shape index (κ1) is 13.0. The van der Waals surface area contributed by atoms with Crippen molar-refractivity contribution in [3.63, 3.8) is 0 Å². The minimum absolute atomic E-state index is 0.653. The molecule has 0 radical (unpaired) electrons. The quantitative estimate of drug-likeness (QED) is 0.564. The molecule has 1 rings (SSSR count). The molecule has 0 heterocycles. The van der Waals surface area contributed by atoms with Crippen molar-refractivity contribution in [2.24, 2.45) is 5.92 Å². The maximum absolute atomic E-state index is 4.05. The van der Waals surface area contributed by atoms with Gasteiger partial charge in [-0.15, -0.1) is 0 Å². The van der Waals surface area contributed by atoms with E-state index in [2.05, 4.69) is 37.8 Å². The molecule has 0 amide bonds. The first-order valence-corrected chi connectivity index (χ1v) is 5.43. The van der Waals surface area contributed by atoms with Crippen molar-refractivity contribution in [1.82, 2.24) is 0 Å². The van der Waals surface area contributed by atoms with E-state index in [1.807, 2.05) is 26.8 Å². The SMILES string of the molecule is C=C1CC(C)C=C/C1=C/C=C\C.CC. The van der Waals surface area contributed by atoms with E-state index < -0.39 is 0 Å². The van der Waals surface area contributed by atoms with Gasteiger partial charge in [0.05, 0.1) is 0 Å². The first-order valence-electron chi connectivity index (χ1n) is 5.43. The third-order valence-electron chi connectivity index (χ3n) is 2.05. The van der Waals surface area contributed by atoms with Crippen molar-refractivity contribution in [2.45, 2.75) is 34.1 Å². The highest BCUT2D eigenvalue weighted by molar-refractivity contribution is 5.43. The van der Waals surface area contributed by atoms with Gasteiger partial charge in [0.1, 0.15) is 0 Å². The van der Waals surface area contributed by atoms with Gasteiger partial charge in [-0.25, -0.2) is 0 Å². The molecule has 0 nitrogen and oxygen atoms in total. The second-order valence-corrected chi connectivity index (χ2v) is 3.29. The normalized spacial score (nSPS) is 23.9. The van der Waals surface area contributed by atoms with Crippen molar-refractivity contribution in [2.75, 3.05) is 0 Å². The van der Waals surface area contributed by atoms with Crippen LogP contribution in [-0.4, -0.2) is 0 Å². The van der Waals surface area contributed by atoms with Crippen LogP contribution in [0.2, 0.25) is 0 Å². The molecule has 1 unspecified atom stereocenters. The van der Waals surface area contributed by atoms with Gasteiger partial charge in [-0.3, -0.25) is 0 Å². The summed E-state index contributed by atoms with van der Waals surface area (Å²) in [5, 5.41) is 0. The van der Waals surface area contributed by atoms with Gasteiger partial charge < -0.3 is 0 Å². The molecule has 0 aromatic rings.